The molecule has 4 heteroatoms. The van der Waals surface area contributed by atoms with Crippen molar-refractivity contribution in [1.82, 2.24) is 0 Å². The van der Waals surface area contributed by atoms with E-state index in [1.807, 2.05) is 0 Å². The standard InChI is InChI=1S/C13H28O3Si/c1-5-11-17(4,16-7-3)12-13(6-2)14-9-8-10-15-13/h5-12H2,1-4H3. The van der Waals surface area contributed by atoms with Crippen molar-refractivity contribution < 1.29 is 13.9 Å². The maximum absolute atomic E-state index is 6.08. The first-order valence-electron chi connectivity index (χ1n) is 7.01. The van der Waals surface area contributed by atoms with Gasteiger partial charge < -0.3 is 13.9 Å². The van der Waals surface area contributed by atoms with Crippen molar-refractivity contribution in [2.24, 2.45) is 0 Å². The maximum Gasteiger partial charge on any atom is 0.194 e. The highest BCUT2D eigenvalue weighted by Crippen LogP contribution is 2.34. The van der Waals surface area contributed by atoms with Crippen LogP contribution in [-0.4, -0.2) is 33.9 Å². The van der Waals surface area contributed by atoms with Gasteiger partial charge in [0.1, 0.15) is 0 Å². The molecule has 0 radical (unpaired) electrons. The van der Waals surface area contributed by atoms with Gasteiger partial charge in [0.05, 0.1) is 13.2 Å². The van der Waals surface area contributed by atoms with Crippen LogP contribution in [0.3, 0.4) is 0 Å². The van der Waals surface area contributed by atoms with Crippen molar-refractivity contribution >= 4 is 8.32 Å². The summed E-state index contributed by atoms with van der Waals surface area (Å²) in [5.41, 5.74) is 0. The van der Waals surface area contributed by atoms with E-state index in [9.17, 15) is 0 Å². The van der Waals surface area contributed by atoms with Crippen molar-refractivity contribution in [3.05, 3.63) is 0 Å². The number of ether oxygens (including phenoxy) is 2. The summed E-state index contributed by atoms with van der Waals surface area (Å²) in [5.74, 6) is -0.358. The second-order valence-corrected chi connectivity index (χ2v) is 9.17. The number of rotatable bonds is 7. The third kappa shape index (κ3) is 4.36. The predicted molar refractivity (Wildman–Crippen MR) is 72.7 cm³/mol. The lowest BCUT2D eigenvalue weighted by Crippen LogP contribution is -2.49. The molecule has 1 unspecified atom stereocenters. The zero-order valence-electron chi connectivity index (χ0n) is 11.9. The van der Waals surface area contributed by atoms with Gasteiger partial charge in [0.25, 0.3) is 0 Å². The van der Waals surface area contributed by atoms with Gasteiger partial charge in [0, 0.05) is 12.7 Å². The molecule has 17 heavy (non-hydrogen) atoms. The monoisotopic (exact) mass is 260 g/mol. The van der Waals surface area contributed by atoms with Crippen molar-refractivity contribution in [2.45, 2.75) is 64.5 Å². The molecule has 0 aliphatic carbocycles. The van der Waals surface area contributed by atoms with Crippen LogP contribution in [-0.2, 0) is 13.9 Å². The van der Waals surface area contributed by atoms with E-state index in [0.29, 0.717) is 0 Å². The van der Waals surface area contributed by atoms with Crippen LogP contribution in [0, 0.1) is 0 Å². The Bertz CT molecular complexity index is 209. The molecular formula is C13H28O3Si. The van der Waals surface area contributed by atoms with Crippen LogP contribution >= 0.6 is 0 Å². The van der Waals surface area contributed by atoms with Crippen LogP contribution in [0.1, 0.15) is 40.0 Å². The number of hydrogen-bond donors (Lipinski definition) is 0. The zero-order valence-corrected chi connectivity index (χ0v) is 12.9. The SMILES string of the molecule is CCC[Si](C)(CC1(CC)OCCCO1)OCC. The van der Waals surface area contributed by atoms with Crippen LogP contribution in [0.25, 0.3) is 0 Å². The first kappa shape index (κ1) is 15.2. The summed E-state index contributed by atoms with van der Waals surface area (Å²) in [6.07, 6.45) is 3.12. The molecule has 102 valence electrons. The third-order valence-electron chi connectivity index (χ3n) is 3.47. The van der Waals surface area contributed by atoms with E-state index in [-0.39, 0.29) is 5.79 Å². The molecule has 0 saturated carbocycles. The molecule has 3 nitrogen and oxygen atoms in total. The summed E-state index contributed by atoms with van der Waals surface area (Å²) in [6.45, 7) is 11.3. The van der Waals surface area contributed by atoms with Crippen LogP contribution in [0.5, 0.6) is 0 Å². The first-order chi connectivity index (χ1) is 8.10. The Balaban J connectivity index is 2.68. The summed E-state index contributed by atoms with van der Waals surface area (Å²) >= 11 is 0. The molecule has 1 rings (SSSR count). The summed E-state index contributed by atoms with van der Waals surface area (Å²) in [5, 5.41) is 0. The van der Waals surface area contributed by atoms with Gasteiger partial charge in [0.2, 0.25) is 0 Å². The highest BCUT2D eigenvalue weighted by Gasteiger charge is 2.42. The van der Waals surface area contributed by atoms with Gasteiger partial charge in [-0.25, -0.2) is 0 Å². The maximum atomic E-state index is 6.08. The lowest BCUT2D eigenvalue weighted by molar-refractivity contribution is -0.258. The van der Waals surface area contributed by atoms with E-state index in [4.69, 9.17) is 13.9 Å². The molecule has 0 N–H and O–H groups in total. The Hall–Kier alpha value is 0.0969. The highest BCUT2D eigenvalue weighted by molar-refractivity contribution is 6.72. The minimum atomic E-state index is -1.68. The molecule has 0 aromatic heterocycles. The molecule has 1 atom stereocenters. The Morgan fingerprint density at radius 2 is 1.82 bits per heavy atom. The molecule has 1 fully saturated rings. The van der Waals surface area contributed by atoms with E-state index in [0.717, 1.165) is 38.7 Å². The quantitative estimate of drug-likeness (QED) is 0.655. The average molecular weight is 260 g/mol. The van der Waals surface area contributed by atoms with Crippen molar-refractivity contribution in [2.75, 3.05) is 19.8 Å². The normalized spacial score (nSPS) is 23.3. The molecule has 1 aliphatic heterocycles. The van der Waals surface area contributed by atoms with E-state index in [1.165, 1.54) is 12.5 Å². The van der Waals surface area contributed by atoms with Gasteiger partial charge in [0.15, 0.2) is 14.1 Å². The molecule has 0 amide bonds. The molecule has 1 saturated heterocycles. The van der Waals surface area contributed by atoms with Gasteiger partial charge in [-0.1, -0.05) is 20.3 Å². The van der Waals surface area contributed by atoms with Crippen molar-refractivity contribution in [3.63, 3.8) is 0 Å². The van der Waals surface area contributed by atoms with E-state index >= 15 is 0 Å². The van der Waals surface area contributed by atoms with Gasteiger partial charge in [-0.15, -0.1) is 0 Å². The fourth-order valence-electron chi connectivity index (χ4n) is 2.71. The molecule has 0 aromatic carbocycles. The average Bonchev–Trinajstić information content (AvgIpc) is 2.30. The topological polar surface area (TPSA) is 27.7 Å². The van der Waals surface area contributed by atoms with Crippen LogP contribution < -0.4 is 0 Å². The summed E-state index contributed by atoms with van der Waals surface area (Å²) in [4.78, 5) is 0. The molecule has 0 aromatic rings. The highest BCUT2D eigenvalue weighted by atomic mass is 28.4. The lowest BCUT2D eigenvalue weighted by Gasteiger charge is -2.41. The second kappa shape index (κ2) is 6.88. The van der Waals surface area contributed by atoms with Crippen LogP contribution in [0.2, 0.25) is 18.6 Å². The molecule has 1 heterocycles. The van der Waals surface area contributed by atoms with Crippen molar-refractivity contribution in [1.29, 1.82) is 0 Å². The summed E-state index contributed by atoms with van der Waals surface area (Å²) < 4.78 is 17.9. The molecule has 0 bridgehead atoms. The minimum Gasteiger partial charge on any atom is -0.417 e. The smallest absolute Gasteiger partial charge is 0.194 e. The largest absolute Gasteiger partial charge is 0.417 e. The third-order valence-corrected chi connectivity index (χ3v) is 7.30. The van der Waals surface area contributed by atoms with Gasteiger partial charge >= 0.3 is 0 Å². The zero-order chi connectivity index (χ0) is 12.8. The summed E-state index contributed by atoms with van der Waals surface area (Å²) in [6, 6.07) is 2.16. The Morgan fingerprint density at radius 1 is 1.18 bits per heavy atom. The molecule has 1 aliphatic rings. The van der Waals surface area contributed by atoms with Crippen LogP contribution in [0.4, 0.5) is 0 Å². The van der Waals surface area contributed by atoms with E-state index < -0.39 is 8.32 Å². The Labute approximate surface area is 107 Å². The van der Waals surface area contributed by atoms with Gasteiger partial charge in [-0.05, 0) is 32.4 Å². The fraction of sp³-hybridized carbons (Fsp3) is 1.00. The minimum absolute atomic E-state index is 0.358. The van der Waals surface area contributed by atoms with Gasteiger partial charge in [-0.2, -0.15) is 0 Å². The Kier molecular flexibility index (Phi) is 6.13. The molecular weight excluding hydrogens is 232 g/mol. The molecule has 0 spiro atoms. The van der Waals surface area contributed by atoms with E-state index in [2.05, 4.69) is 27.3 Å². The van der Waals surface area contributed by atoms with Gasteiger partial charge in [-0.3, -0.25) is 0 Å². The Morgan fingerprint density at radius 3 is 2.29 bits per heavy atom. The lowest BCUT2D eigenvalue weighted by atomic mass is 10.2. The number of hydrogen-bond acceptors (Lipinski definition) is 3. The fourth-order valence-corrected chi connectivity index (χ4v) is 6.48. The predicted octanol–water partition coefficient (Wildman–Crippen LogP) is 3.55. The van der Waals surface area contributed by atoms with E-state index in [1.54, 1.807) is 0 Å². The van der Waals surface area contributed by atoms with Crippen molar-refractivity contribution in [3.8, 4) is 0 Å². The first-order valence-corrected chi connectivity index (χ1v) is 9.84. The second-order valence-electron chi connectivity index (χ2n) is 5.12. The van der Waals surface area contributed by atoms with Crippen LogP contribution in [0.15, 0.2) is 0 Å². The summed E-state index contributed by atoms with van der Waals surface area (Å²) in [7, 11) is -1.68.